The Labute approximate surface area is 213 Å². The minimum absolute atomic E-state index is 0.0121. The van der Waals surface area contributed by atoms with Gasteiger partial charge in [-0.2, -0.15) is 0 Å². The average Bonchev–Trinajstić information content (AvgIpc) is 3.61. The quantitative estimate of drug-likeness (QED) is 0.368. The molecule has 4 fully saturated rings. The van der Waals surface area contributed by atoms with Gasteiger partial charge in [-0.1, -0.05) is 34.3 Å². The number of likely N-dealkylation sites (tertiary alicyclic amines) is 1. The second-order valence-corrected chi connectivity index (χ2v) is 12.0. The van der Waals surface area contributed by atoms with Gasteiger partial charge in [0, 0.05) is 25.4 Å². The van der Waals surface area contributed by atoms with E-state index in [0.717, 1.165) is 12.8 Å². The van der Waals surface area contributed by atoms with E-state index in [4.69, 9.17) is 0 Å². The van der Waals surface area contributed by atoms with Crippen molar-refractivity contribution in [2.24, 2.45) is 35.0 Å². The lowest BCUT2D eigenvalue weighted by molar-refractivity contribution is -0.144. The molecule has 4 aliphatic rings. The van der Waals surface area contributed by atoms with Gasteiger partial charge in [-0.25, -0.2) is 0 Å². The maximum atomic E-state index is 13.7. The summed E-state index contributed by atoms with van der Waals surface area (Å²) in [5.74, 6) is -1.08. The lowest BCUT2D eigenvalue weighted by Gasteiger charge is -2.34. The number of carbonyl (C=O) groups excluding carboxylic acids is 5. The summed E-state index contributed by atoms with van der Waals surface area (Å²) >= 11 is 0. The van der Waals surface area contributed by atoms with Gasteiger partial charge in [0.25, 0.3) is 0 Å². The summed E-state index contributed by atoms with van der Waals surface area (Å²) in [5.41, 5.74) is -0.0853. The van der Waals surface area contributed by atoms with Gasteiger partial charge >= 0.3 is 0 Å². The highest BCUT2D eigenvalue weighted by molar-refractivity contribution is 5.99. The van der Waals surface area contributed by atoms with Crippen molar-refractivity contribution in [2.75, 3.05) is 13.1 Å². The number of carbonyl (C=O) groups is 5. The summed E-state index contributed by atoms with van der Waals surface area (Å²) in [4.78, 5) is 66.3. The smallest absolute Gasteiger partial charge is 0.246 e. The van der Waals surface area contributed by atoms with Crippen molar-refractivity contribution < 1.29 is 24.0 Å². The van der Waals surface area contributed by atoms with Crippen LogP contribution in [0.15, 0.2) is 12.7 Å². The van der Waals surface area contributed by atoms with Crippen LogP contribution >= 0.6 is 0 Å². The summed E-state index contributed by atoms with van der Waals surface area (Å²) in [6.45, 7) is 12.7. The van der Waals surface area contributed by atoms with Crippen LogP contribution in [0.25, 0.3) is 0 Å². The van der Waals surface area contributed by atoms with Crippen LogP contribution < -0.4 is 16.0 Å². The van der Waals surface area contributed by atoms with Gasteiger partial charge in [-0.05, 0) is 60.8 Å². The third kappa shape index (κ3) is 5.20. The SMILES string of the molecule is C=CC(=O)[C@H](C[C@@H]1CCNC1=O)NC(=O)[C@@H]1[C@@H]2[C@H](CN1C(=O)[C@@H](NC(=O)CC(C)C)C1CC1)C2(C)C. The molecule has 9 heteroatoms. The molecule has 4 amide bonds. The summed E-state index contributed by atoms with van der Waals surface area (Å²) in [6, 6.07) is -2.20. The van der Waals surface area contributed by atoms with E-state index in [1.807, 2.05) is 13.8 Å². The summed E-state index contributed by atoms with van der Waals surface area (Å²) in [7, 11) is 0. The van der Waals surface area contributed by atoms with Crippen molar-refractivity contribution in [1.29, 1.82) is 0 Å². The Morgan fingerprint density at radius 2 is 1.86 bits per heavy atom. The Morgan fingerprint density at radius 1 is 1.17 bits per heavy atom. The second-order valence-electron chi connectivity index (χ2n) is 12.0. The molecular formula is C27H40N4O5. The van der Waals surface area contributed by atoms with Crippen molar-refractivity contribution in [2.45, 2.75) is 77.9 Å². The number of rotatable bonds is 11. The summed E-state index contributed by atoms with van der Waals surface area (Å²) < 4.78 is 0. The molecule has 0 radical (unpaired) electrons. The minimum atomic E-state index is -0.869. The number of piperidine rings is 1. The molecule has 2 aliphatic carbocycles. The molecule has 0 aromatic rings. The van der Waals surface area contributed by atoms with Crippen molar-refractivity contribution in [3.63, 3.8) is 0 Å². The van der Waals surface area contributed by atoms with Crippen LogP contribution in [0.2, 0.25) is 0 Å². The van der Waals surface area contributed by atoms with E-state index >= 15 is 0 Å². The molecule has 2 saturated heterocycles. The Hall–Kier alpha value is -2.71. The molecule has 4 rings (SSSR count). The highest BCUT2D eigenvalue weighted by Gasteiger charge is 2.69. The fourth-order valence-corrected chi connectivity index (χ4v) is 6.21. The molecule has 3 N–H and O–H groups in total. The molecule has 9 nitrogen and oxygen atoms in total. The first kappa shape index (κ1) is 26.4. The number of amides is 4. The number of nitrogens with zero attached hydrogens (tertiary/aromatic N) is 1. The highest BCUT2D eigenvalue weighted by Crippen LogP contribution is 2.65. The zero-order chi connectivity index (χ0) is 26.4. The fourth-order valence-electron chi connectivity index (χ4n) is 6.21. The number of fused-ring (bicyclic) bond motifs is 1. The van der Waals surface area contributed by atoms with E-state index in [-0.39, 0.29) is 70.8 Å². The molecular weight excluding hydrogens is 460 g/mol. The van der Waals surface area contributed by atoms with Crippen molar-refractivity contribution in [3.05, 3.63) is 12.7 Å². The Balaban J connectivity index is 1.51. The molecule has 0 aromatic heterocycles. The number of ketones is 1. The molecule has 36 heavy (non-hydrogen) atoms. The van der Waals surface area contributed by atoms with E-state index in [0.29, 0.717) is 25.9 Å². The fraction of sp³-hybridized carbons (Fsp3) is 0.741. The first-order valence-corrected chi connectivity index (χ1v) is 13.3. The van der Waals surface area contributed by atoms with Crippen LogP contribution in [0.1, 0.15) is 59.8 Å². The molecule has 198 valence electrons. The maximum absolute atomic E-state index is 13.7. The van der Waals surface area contributed by atoms with Gasteiger partial charge in [-0.3, -0.25) is 24.0 Å². The zero-order valence-electron chi connectivity index (χ0n) is 21.8. The van der Waals surface area contributed by atoms with Crippen molar-refractivity contribution in [3.8, 4) is 0 Å². The largest absolute Gasteiger partial charge is 0.356 e. The first-order valence-electron chi connectivity index (χ1n) is 13.3. The van der Waals surface area contributed by atoms with Crippen LogP contribution in [0.5, 0.6) is 0 Å². The number of hydrogen-bond donors (Lipinski definition) is 3. The molecule has 2 heterocycles. The van der Waals surface area contributed by atoms with Gasteiger partial charge < -0.3 is 20.9 Å². The monoisotopic (exact) mass is 500 g/mol. The van der Waals surface area contributed by atoms with Gasteiger partial charge in [0.1, 0.15) is 12.1 Å². The summed E-state index contributed by atoms with van der Waals surface area (Å²) in [6.07, 6.45) is 4.09. The van der Waals surface area contributed by atoms with Crippen molar-refractivity contribution >= 4 is 29.4 Å². The molecule has 0 aromatic carbocycles. The van der Waals surface area contributed by atoms with Gasteiger partial charge in [0.15, 0.2) is 5.78 Å². The third-order valence-electron chi connectivity index (χ3n) is 8.57. The summed E-state index contributed by atoms with van der Waals surface area (Å²) in [5, 5.41) is 8.58. The Bertz CT molecular complexity index is 956. The van der Waals surface area contributed by atoms with Crippen LogP contribution in [-0.2, 0) is 24.0 Å². The molecule has 2 saturated carbocycles. The normalized spacial score (nSPS) is 29.7. The minimum Gasteiger partial charge on any atom is -0.356 e. The lowest BCUT2D eigenvalue weighted by Crippen LogP contribution is -2.58. The predicted molar refractivity (Wildman–Crippen MR) is 133 cm³/mol. The standard InChI is InChI=1S/C27H40N4O5/c1-6-19(32)18(12-16-9-10-28-24(16)34)29-25(35)23-21-17(27(21,4)5)13-31(23)26(36)22(15-7-8-15)30-20(33)11-14(2)3/h6,14-18,21-23H,1,7-13H2,2-5H3,(H,28,34)(H,29,35)(H,30,33)/t16-,17-,18-,21-,22-,23-/m0/s1. The van der Waals surface area contributed by atoms with E-state index < -0.39 is 18.1 Å². The lowest BCUT2D eigenvalue weighted by atomic mass is 9.94. The van der Waals surface area contributed by atoms with Crippen molar-refractivity contribution in [1.82, 2.24) is 20.9 Å². The third-order valence-corrected chi connectivity index (χ3v) is 8.57. The van der Waals surface area contributed by atoms with E-state index in [1.54, 1.807) is 4.90 Å². The zero-order valence-corrected chi connectivity index (χ0v) is 21.8. The first-order chi connectivity index (χ1) is 16.9. The van der Waals surface area contributed by atoms with Gasteiger partial charge in [0.05, 0.1) is 6.04 Å². The van der Waals surface area contributed by atoms with E-state index in [2.05, 4.69) is 36.4 Å². The Morgan fingerprint density at radius 3 is 2.42 bits per heavy atom. The molecule has 0 unspecified atom stereocenters. The van der Waals surface area contributed by atoms with Gasteiger partial charge in [-0.15, -0.1) is 0 Å². The van der Waals surface area contributed by atoms with E-state index in [9.17, 15) is 24.0 Å². The average molecular weight is 501 g/mol. The van der Waals surface area contributed by atoms with Gasteiger partial charge in [0.2, 0.25) is 23.6 Å². The molecule has 2 aliphatic heterocycles. The molecule has 0 bridgehead atoms. The topological polar surface area (TPSA) is 125 Å². The maximum Gasteiger partial charge on any atom is 0.246 e. The van der Waals surface area contributed by atoms with Crippen LogP contribution in [0.3, 0.4) is 0 Å². The van der Waals surface area contributed by atoms with E-state index in [1.165, 1.54) is 6.08 Å². The van der Waals surface area contributed by atoms with Crippen LogP contribution in [0, 0.1) is 35.0 Å². The van der Waals surface area contributed by atoms with Crippen LogP contribution in [0.4, 0.5) is 0 Å². The highest BCUT2D eigenvalue weighted by atomic mass is 16.2. The Kier molecular flexibility index (Phi) is 7.30. The predicted octanol–water partition coefficient (Wildman–Crippen LogP) is 1.18. The number of nitrogens with one attached hydrogen (secondary N) is 3. The number of hydrogen-bond acceptors (Lipinski definition) is 5. The van der Waals surface area contributed by atoms with Crippen LogP contribution in [-0.4, -0.2) is 65.5 Å². The molecule has 6 atom stereocenters. The second kappa shape index (κ2) is 9.98. The molecule has 0 spiro atoms.